The van der Waals surface area contributed by atoms with Gasteiger partial charge in [0, 0.05) is 17.8 Å². The van der Waals surface area contributed by atoms with Gasteiger partial charge in [-0.3, -0.25) is 14.9 Å². The zero-order valence-corrected chi connectivity index (χ0v) is 11.6. The van der Waals surface area contributed by atoms with Crippen LogP contribution in [0.4, 0.5) is 15.8 Å². The first-order valence-corrected chi connectivity index (χ1v) is 6.14. The van der Waals surface area contributed by atoms with Gasteiger partial charge in [0.25, 0.3) is 5.91 Å². The van der Waals surface area contributed by atoms with Gasteiger partial charge in [-0.15, -0.1) is 0 Å². The Bertz CT molecular complexity index is 640. The molecule has 1 aromatic rings. The molecule has 8 heteroatoms. The van der Waals surface area contributed by atoms with Gasteiger partial charge in [-0.2, -0.15) is 4.39 Å². The average molecular weight is 308 g/mol. The zero-order valence-electron chi connectivity index (χ0n) is 11.6. The minimum absolute atomic E-state index is 0.0265. The molecule has 22 heavy (non-hydrogen) atoms. The van der Waals surface area contributed by atoms with Crippen molar-refractivity contribution < 1.29 is 23.6 Å². The van der Waals surface area contributed by atoms with Crippen LogP contribution in [0.15, 0.2) is 42.5 Å². The van der Waals surface area contributed by atoms with Gasteiger partial charge in [-0.25, -0.2) is 4.79 Å². The number of nitrogens with zero attached hydrogens (tertiary/aromatic N) is 1. The molecule has 0 aliphatic rings. The van der Waals surface area contributed by atoms with Gasteiger partial charge in [0.2, 0.25) is 5.82 Å². The van der Waals surface area contributed by atoms with Crippen LogP contribution in [0.5, 0.6) is 0 Å². The number of esters is 1. The van der Waals surface area contributed by atoms with Gasteiger partial charge in [-0.1, -0.05) is 18.2 Å². The maximum atomic E-state index is 13.1. The fraction of sp³-hybridized carbons (Fsp3) is 0.143. The molecule has 116 valence electrons. The number of benzene rings is 1. The van der Waals surface area contributed by atoms with Gasteiger partial charge < -0.3 is 10.1 Å². The lowest BCUT2D eigenvalue weighted by atomic mass is 10.2. The summed E-state index contributed by atoms with van der Waals surface area (Å²) in [6, 6.07) is 2.90. The van der Waals surface area contributed by atoms with Gasteiger partial charge in [-0.05, 0) is 19.1 Å². The number of nitro benzene ring substituents is 1. The third kappa shape index (κ3) is 5.53. The summed E-state index contributed by atoms with van der Waals surface area (Å²) in [6.07, 6.45) is 5.90. The van der Waals surface area contributed by atoms with E-state index >= 15 is 0 Å². The molecule has 0 aliphatic carbocycles. The van der Waals surface area contributed by atoms with Crippen LogP contribution in [0, 0.1) is 15.9 Å². The molecule has 0 heterocycles. The van der Waals surface area contributed by atoms with Crippen LogP contribution in [0.3, 0.4) is 0 Å². The summed E-state index contributed by atoms with van der Waals surface area (Å²) in [5.74, 6) is -2.42. The first kappa shape index (κ1) is 17.0. The minimum Gasteiger partial charge on any atom is -0.452 e. The van der Waals surface area contributed by atoms with E-state index in [4.69, 9.17) is 0 Å². The second kappa shape index (κ2) is 8.30. The molecule has 1 aromatic carbocycles. The fourth-order valence-electron chi connectivity index (χ4n) is 1.36. The summed E-state index contributed by atoms with van der Waals surface area (Å²) in [7, 11) is 0. The molecule has 1 amide bonds. The molecule has 0 bridgehead atoms. The van der Waals surface area contributed by atoms with E-state index in [2.05, 4.69) is 10.1 Å². The van der Waals surface area contributed by atoms with Crippen molar-refractivity contribution in [2.75, 3.05) is 11.9 Å². The Labute approximate surface area is 125 Å². The summed E-state index contributed by atoms with van der Waals surface area (Å²) < 4.78 is 17.8. The monoisotopic (exact) mass is 308 g/mol. The normalized spacial score (nSPS) is 10.8. The molecule has 0 fully saturated rings. The van der Waals surface area contributed by atoms with E-state index in [1.54, 1.807) is 19.1 Å². The highest BCUT2D eigenvalue weighted by molar-refractivity contribution is 5.94. The summed E-state index contributed by atoms with van der Waals surface area (Å²) >= 11 is 0. The number of ether oxygens (including phenoxy) is 1. The van der Waals surface area contributed by atoms with Crippen molar-refractivity contribution in [3.8, 4) is 0 Å². The largest absolute Gasteiger partial charge is 0.452 e. The van der Waals surface area contributed by atoms with Crippen LogP contribution >= 0.6 is 0 Å². The molecule has 0 spiro atoms. The summed E-state index contributed by atoms with van der Waals surface area (Å²) in [5, 5.41) is 12.8. The first-order valence-electron chi connectivity index (χ1n) is 6.14. The van der Waals surface area contributed by atoms with Crippen LogP contribution in [-0.4, -0.2) is 23.4 Å². The van der Waals surface area contributed by atoms with Crippen LogP contribution in [0.1, 0.15) is 6.92 Å². The zero-order chi connectivity index (χ0) is 16.5. The average Bonchev–Trinajstić information content (AvgIpc) is 2.47. The highest BCUT2D eigenvalue weighted by Crippen LogP contribution is 2.21. The van der Waals surface area contributed by atoms with Crippen LogP contribution in [0.25, 0.3) is 0 Å². The number of hydrogen-bond acceptors (Lipinski definition) is 5. The number of hydrogen-bond donors (Lipinski definition) is 1. The van der Waals surface area contributed by atoms with Gasteiger partial charge in [0.1, 0.15) is 0 Å². The van der Waals surface area contributed by atoms with E-state index in [0.717, 1.165) is 24.3 Å². The molecular weight excluding hydrogens is 295 g/mol. The van der Waals surface area contributed by atoms with Gasteiger partial charge >= 0.3 is 11.7 Å². The highest BCUT2D eigenvalue weighted by Gasteiger charge is 2.15. The molecule has 0 aliphatic heterocycles. The van der Waals surface area contributed by atoms with Crippen molar-refractivity contribution in [2.24, 2.45) is 0 Å². The Morgan fingerprint density at radius 3 is 2.77 bits per heavy atom. The lowest BCUT2D eigenvalue weighted by Gasteiger charge is -2.05. The maximum Gasteiger partial charge on any atom is 0.331 e. The van der Waals surface area contributed by atoms with Crippen molar-refractivity contribution in [1.82, 2.24) is 0 Å². The lowest BCUT2D eigenvalue weighted by molar-refractivity contribution is -0.387. The molecule has 0 saturated carbocycles. The molecule has 7 nitrogen and oxygen atoms in total. The quantitative estimate of drug-likeness (QED) is 0.286. The smallest absolute Gasteiger partial charge is 0.331 e. The fourth-order valence-corrected chi connectivity index (χ4v) is 1.36. The summed E-state index contributed by atoms with van der Waals surface area (Å²) in [6.45, 7) is 1.20. The number of nitro groups is 1. The Morgan fingerprint density at radius 2 is 2.14 bits per heavy atom. The van der Waals surface area contributed by atoms with Crippen molar-refractivity contribution >= 4 is 23.3 Å². The maximum absolute atomic E-state index is 13.1. The number of nitrogens with one attached hydrogen (secondary N) is 1. The van der Waals surface area contributed by atoms with E-state index in [0.29, 0.717) is 0 Å². The second-order valence-corrected chi connectivity index (χ2v) is 3.96. The van der Waals surface area contributed by atoms with Crippen molar-refractivity contribution in [3.63, 3.8) is 0 Å². The van der Waals surface area contributed by atoms with E-state index in [-0.39, 0.29) is 5.69 Å². The third-order valence-corrected chi connectivity index (χ3v) is 2.31. The summed E-state index contributed by atoms with van der Waals surface area (Å²) in [4.78, 5) is 32.4. The van der Waals surface area contributed by atoms with E-state index in [9.17, 15) is 24.1 Å². The Hall–Kier alpha value is -3.03. The van der Waals surface area contributed by atoms with Crippen molar-refractivity contribution in [3.05, 3.63) is 58.4 Å². The number of amides is 1. The van der Waals surface area contributed by atoms with Crippen LogP contribution < -0.4 is 5.32 Å². The first-order chi connectivity index (χ1) is 10.4. The van der Waals surface area contributed by atoms with Crippen molar-refractivity contribution in [2.45, 2.75) is 6.92 Å². The predicted molar refractivity (Wildman–Crippen MR) is 76.6 cm³/mol. The third-order valence-electron chi connectivity index (χ3n) is 2.31. The molecular formula is C14H13FN2O5. The van der Waals surface area contributed by atoms with E-state index in [1.165, 1.54) is 6.08 Å². The van der Waals surface area contributed by atoms with Crippen molar-refractivity contribution in [1.29, 1.82) is 0 Å². The molecule has 0 aromatic heterocycles. The molecule has 0 unspecified atom stereocenters. The van der Waals surface area contributed by atoms with E-state index < -0.39 is 34.9 Å². The number of rotatable bonds is 6. The van der Waals surface area contributed by atoms with E-state index in [1.807, 2.05) is 0 Å². The SMILES string of the molecule is C/C=C/C=C/C(=O)OCC(=O)Nc1ccc(F)c([N+](=O)[O-])c1. The standard InChI is InChI=1S/C14H13FN2O5/c1-2-3-4-5-14(19)22-9-13(18)16-10-6-7-11(15)12(8-10)17(20)21/h2-8H,9H2,1H3,(H,16,18)/b3-2+,5-4+. The van der Waals surface area contributed by atoms with Gasteiger partial charge in [0.15, 0.2) is 6.61 Å². The second-order valence-electron chi connectivity index (χ2n) is 3.96. The van der Waals surface area contributed by atoms with Crippen LogP contribution in [-0.2, 0) is 14.3 Å². The number of anilines is 1. The molecule has 0 atom stereocenters. The summed E-state index contributed by atoms with van der Waals surface area (Å²) in [5.41, 5.74) is -0.734. The topological polar surface area (TPSA) is 98.5 Å². The Balaban J connectivity index is 2.57. The lowest BCUT2D eigenvalue weighted by Crippen LogP contribution is -2.20. The molecule has 1 N–H and O–H groups in total. The Morgan fingerprint density at radius 1 is 1.41 bits per heavy atom. The highest BCUT2D eigenvalue weighted by atomic mass is 19.1. The van der Waals surface area contributed by atoms with Gasteiger partial charge in [0.05, 0.1) is 4.92 Å². The number of carbonyl (C=O) groups is 2. The van der Waals surface area contributed by atoms with Crippen LogP contribution in [0.2, 0.25) is 0 Å². The minimum atomic E-state index is -1.01. The Kier molecular flexibility index (Phi) is 6.42. The number of carbonyl (C=O) groups excluding carboxylic acids is 2. The molecule has 0 saturated heterocycles. The molecule has 1 rings (SSSR count). The molecule has 0 radical (unpaired) electrons. The number of allylic oxidation sites excluding steroid dienone is 3. The predicted octanol–water partition coefficient (Wildman–Crippen LogP) is 2.35. The number of halogens is 1.